The van der Waals surface area contributed by atoms with Crippen LogP contribution in [0.1, 0.15) is 43.1 Å². The van der Waals surface area contributed by atoms with Crippen LogP contribution in [0.5, 0.6) is 0 Å². The number of benzene rings is 1. The maximum atomic E-state index is 12.6. The fourth-order valence-corrected chi connectivity index (χ4v) is 4.60. The summed E-state index contributed by atoms with van der Waals surface area (Å²) >= 11 is 0. The lowest BCUT2D eigenvalue weighted by Crippen LogP contribution is -2.45. The lowest BCUT2D eigenvalue weighted by atomic mass is 10.1. The van der Waals surface area contributed by atoms with Gasteiger partial charge in [0.2, 0.25) is 0 Å². The average molecular weight is 474 g/mol. The molecular formula is C21H36NO7PSi. The van der Waals surface area contributed by atoms with E-state index in [9.17, 15) is 14.2 Å². The predicted molar refractivity (Wildman–Crippen MR) is 123 cm³/mol. The van der Waals surface area contributed by atoms with Gasteiger partial charge in [0, 0.05) is 32.8 Å². The molecule has 1 aromatic rings. The molecule has 0 radical (unpaired) electrons. The van der Waals surface area contributed by atoms with E-state index in [0.717, 1.165) is 0 Å². The predicted octanol–water partition coefficient (Wildman–Crippen LogP) is 4.36. The summed E-state index contributed by atoms with van der Waals surface area (Å²) in [6.45, 7) is 11.0. The summed E-state index contributed by atoms with van der Waals surface area (Å²) in [5.74, 6) is -0.930. The Morgan fingerprint density at radius 1 is 1.06 bits per heavy atom. The van der Waals surface area contributed by atoms with Gasteiger partial charge in [0.25, 0.3) is 5.91 Å². The highest BCUT2D eigenvalue weighted by molar-refractivity contribution is 7.52. The van der Waals surface area contributed by atoms with Crippen LogP contribution in [0.3, 0.4) is 0 Å². The third kappa shape index (κ3) is 8.16. The molecule has 1 atom stereocenters. The zero-order valence-corrected chi connectivity index (χ0v) is 21.7. The molecule has 31 heavy (non-hydrogen) atoms. The van der Waals surface area contributed by atoms with Crippen LogP contribution in [0.4, 0.5) is 0 Å². The van der Waals surface area contributed by atoms with Gasteiger partial charge in [-0.3, -0.25) is 9.36 Å². The van der Waals surface area contributed by atoms with Crippen molar-refractivity contribution in [1.82, 2.24) is 5.32 Å². The molecule has 0 aliphatic heterocycles. The SMILES string of the molecule is COC(=O)[C@@H](CCO[Si](C)(C)C(C)(C)C)NC(=O)c1ccc(CP(=O)(OC)OC)cc1. The Labute approximate surface area is 186 Å². The Bertz CT molecular complexity index is 782. The summed E-state index contributed by atoms with van der Waals surface area (Å²) in [7, 11) is -1.21. The molecule has 1 rings (SSSR count). The van der Waals surface area contributed by atoms with Crippen LogP contribution in [-0.4, -0.2) is 54.2 Å². The first-order valence-corrected chi connectivity index (χ1v) is 14.7. The van der Waals surface area contributed by atoms with E-state index >= 15 is 0 Å². The lowest BCUT2D eigenvalue weighted by Gasteiger charge is -2.36. The van der Waals surface area contributed by atoms with Crippen LogP contribution in [0, 0.1) is 0 Å². The molecule has 10 heteroatoms. The molecule has 0 aliphatic carbocycles. The normalized spacial score (nSPS) is 13.5. The Morgan fingerprint density at radius 2 is 1.61 bits per heavy atom. The molecule has 0 heterocycles. The smallest absolute Gasteiger partial charge is 0.334 e. The minimum atomic E-state index is -3.19. The molecule has 0 aromatic heterocycles. The maximum Gasteiger partial charge on any atom is 0.334 e. The highest BCUT2D eigenvalue weighted by atomic mass is 31.2. The minimum absolute atomic E-state index is 0.0500. The van der Waals surface area contributed by atoms with Crippen molar-refractivity contribution in [2.45, 2.75) is 57.5 Å². The summed E-state index contributed by atoms with van der Waals surface area (Å²) in [4.78, 5) is 24.8. The fourth-order valence-electron chi connectivity index (χ4n) is 2.47. The van der Waals surface area contributed by atoms with Gasteiger partial charge in [-0.15, -0.1) is 0 Å². The van der Waals surface area contributed by atoms with E-state index in [1.54, 1.807) is 24.3 Å². The van der Waals surface area contributed by atoms with Gasteiger partial charge < -0.3 is 23.5 Å². The summed E-state index contributed by atoms with van der Waals surface area (Å²) < 4.78 is 33.1. The maximum absolute atomic E-state index is 12.6. The second kappa shape index (κ2) is 11.4. The number of esters is 1. The van der Waals surface area contributed by atoms with Gasteiger partial charge in [-0.2, -0.15) is 0 Å². The Morgan fingerprint density at radius 3 is 2.06 bits per heavy atom. The molecule has 176 valence electrons. The number of ether oxygens (including phenoxy) is 1. The second-order valence-electron chi connectivity index (χ2n) is 8.78. The van der Waals surface area contributed by atoms with Crippen molar-refractivity contribution in [1.29, 1.82) is 0 Å². The van der Waals surface area contributed by atoms with Crippen LogP contribution in [0.2, 0.25) is 18.1 Å². The Balaban J connectivity index is 2.79. The van der Waals surface area contributed by atoms with Crippen molar-refractivity contribution in [2.24, 2.45) is 0 Å². The van der Waals surface area contributed by atoms with Crippen LogP contribution in [-0.2, 0) is 33.7 Å². The number of rotatable bonds is 11. The van der Waals surface area contributed by atoms with Gasteiger partial charge in [-0.05, 0) is 35.8 Å². The zero-order chi connectivity index (χ0) is 23.9. The third-order valence-corrected chi connectivity index (χ3v) is 12.0. The van der Waals surface area contributed by atoms with Gasteiger partial charge in [-0.25, -0.2) is 4.79 Å². The summed E-state index contributed by atoms with van der Waals surface area (Å²) in [5.41, 5.74) is 1.07. The summed E-state index contributed by atoms with van der Waals surface area (Å²) in [5, 5.41) is 2.77. The highest BCUT2D eigenvalue weighted by Gasteiger charge is 2.37. The third-order valence-electron chi connectivity index (χ3n) is 5.62. The molecule has 0 bridgehead atoms. The van der Waals surface area contributed by atoms with Gasteiger partial charge >= 0.3 is 13.6 Å². The number of methoxy groups -OCH3 is 1. The van der Waals surface area contributed by atoms with Crippen molar-refractivity contribution in [3.8, 4) is 0 Å². The molecule has 0 spiro atoms. The van der Waals surface area contributed by atoms with E-state index in [4.69, 9.17) is 18.2 Å². The molecule has 1 N–H and O–H groups in total. The van der Waals surface area contributed by atoms with Crippen LogP contribution in [0.25, 0.3) is 0 Å². The number of nitrogens with one attached hydrogen (secondary N) is 1. The number of amides is 1. The van der Waals surface area contributed by atoms with E-state index in [0.29, 0.717) is 24.2 Å². The average Bonchev–Trinajstić information content (AvgIpc) is 2.71. The molecule has 0 unspecified atom stereocenters. The van der Waals surface area contributed by atoms with E-state index < -0.39 is 33.8 Å². The standard InChI is InChI=1S/C21H36NO7PSi/c1-21(2,3)31(7,8)29-14-13-18(20(24)26-4)22-19(23)17-11-9-16(10-12-17)15-30(25,27-5)28-6/h9-12,18H,13-15H2,1-8H3,(H,22,23)/t18-/m1/s1. The summed E-state index contributed by atoms with van der Waals surface area (Å²) in [6.07, 6.45) is 0.408. The van der Waals surface area contributed by atoms with Crippen LogP contribution >= 0.6 is 7.60 Å². The molecule has 0 fully saturated rings. The molecule has 8 nitrogen and oxygen atoms in total. The zero-order valence-electron chi connectivity index (χ0n) is 19.8. The van der Waals surface area contributed by atoms with Crippen molar-refractivity contribution in [3.63, 3.8) is 0 Å². The quantitative estimate of drug-likeness (QED) is 0.290. The van der Waals surface area contributed by atoms with Crippen molar-refractivity contribution in [3.05, 3.63) is 35.4 Å². The molecule has 0 saturated carbocycles. The topological polar surface area (TPSA) is 100 Å². The molecule has 0 saturated heterocycles. The largest absolute Gasteiger partial charge is 0.467 e. The number of carbonyl (C=O) groups is 2. The Hall–Kier alpha value is -1.51. The monoisotopic (exact) mass is 473 g/mol. The first-order chi connectivity index (χ1) is 14.3. The van der Waals surface area contributed by atoms with Gasteiger partial charge in [0.15, 0.2) is 8.32 Å². The number of hydrogen-bond donors (Lipinski definition) is 1. The molecule has 1 aromatic carbocycles. The fraction of sp³-hybridized carbons (Fsp3) is 0.619. The second-order valence-corrected chi connectivity index (χ2v) is 15.9. The van der Waals surface area contributed by atoms with Crippen molar-refractivity contribution < 1.29 is 32.4 Å². The highest BCUT2D eigenvalue weighted by Crippen LogP contribution is 2.49. The molecule has 0 aliphatic rings. The first kappa shape index (κ1) is 27.5. The summed E-state index contributed by atoms with van der Waals surface area (Å²) in [6, 6.07) is 5.73. The molecular weight excluding hydrogens is 437 g/mol. The molecule has 1 amide bonds. The van der Waals surface area contributed by atoms with E-state index in [2.05, 4.69) is 39.2 Å². The van der Waals surface area contributed by atoms with Gasteiger partial charge in [-0.1, -0.05) is 32.9 Å². The number of hydrogen-bond acceptors (Lipinski definition) is 7. The van der Waals surface area contributed by atoms with Gasteiger partial charge in [0.05, 0.1) is 13.3 Å². The van der Waals surface area contributed by atoms with E-state index in [1.165, 1.54) is 21.3 Å². The van der Waals surface area contributed by atoms with Crippen molar-refractivity contribution in [2.75, 3.05) is 27.9 Å². The number of carbonyl (C=O) groups excluding carboxylic acids is 2. The van der Waals surface area contributed by atoms with E-state index in [-0.39, 0.29) is 11.2 Å². The van der Waals surface area contributed by atoms with Crippen LogP contribution < -0.4 is 5.32 Å². The van der Waals surface area contributed by atoms with Crippen LogP contribution in [0.15, 0.2) is 24.3 Å². The van der Waals surface area contributed by atoms with Gasteiger partial charge in [0.1, 0.15) is 6.04 Å². The van der Waals surface area contributed by atoms with Crippen molar-refractivity contribution >= 4 is 27.8 Å². The van der Waals surface area contributed by atoms with E-state index in [1.807, 2.05) is 0 Å². The minimum Gasteiger partial charge on any atom is -0.467 e. The Kier molecular flexibility index (Phi) is 10.1. The first-order valence-electron chi connectivity index (χ1n) is 10.1. The lowest BCUT2D eigenvalue weighted by molar-refractivity contribution is -0.143.